The van der Waals surface area contributed by atoms with Crippen LogP contribution in [-0.2, 0) is 13.1 Å². The lowest BCUT2D eigenvalue weighted by Crippen LogP contribution is -2.36. The summed E-state index contributed by atoms with van der Waals surface area (Å²) in [6.45, 7) is 5.47. The Bertz CT molecular complexity index is 758. The predicted molar refractivity (Wildman–Crippen MR) is 124 cm³/mol. The summed E-state index contributed by atoms with van der Waals surface area (Å²) < 4.78 is 13.7. The Balaban J connectivity index is 0.00000280. The van der Waals surface area contributed by atoms with E-state index < -0.39 is 0 Å². The number of nitrogens with zero attached hydrogens (tertiary/aromatic N) is 3. The zero-order valence-corrected chi connectivity index (χ0v) is 18.8. The third-order valence-electron chi connectivity index (χ3n) is 5.00. The van der Waals surface area contributed by atoms with E-state index in [1.54, 1.807) is 19.2 Å². The zero-order chi connectivity index (χ0) is 19.1. The molecule has 7 heteroatoms. The molecule has 0 spiro atoms. The lowest BCUT2D eigenvalue weighted by molar-refractivity contribution is 0.436. The average molecular weight is 497 g/mol. The Hall–Kier alpha value is -1.90. The van der Waals surface area contributed by atoms with Crippen molar-refractivity contribution in [1.82, 2.24) is 15.6 Å². The van der Waals surface area contributed by atoms with Crippen LogP contribution in [0.15, 0.2) is 47.6 Å². The van der Waals surface area contributed by atoms with Gasteiger partial charge in [-0.05, 0) is 36.5 Å². The molecular formula is C21H29FIN5. The van der Waals surface area contributed by atoms with Crippen molar-refractivity contribution in [3.63, 3.8) is 0 Å². The van der Waals surface area contributed by atoms with Gasteiger partial charge in [-0.2, -0.15) is 0 Å². The van der Waals surface area contributed by atoms with Gasteiger partial charge in [0.25, 0.3) is 0 Å². The molecule has 1 aromatic carbocycles. The van der Waals surface area contributed by atoms with Gasteiger partial charge in [0.1, 0.15) is 11.6 Å². The van der Waals surface area contributed by atoms with Crippen LogP contribution in [0.2, 0.25) is 0 Å². The van der Waals surface area contributed by atoms with Crippen molar-refractivity contribution in [2.75, 3.05) is 25.0 Å². The molecule has 1 saturated heterocycles. The van der Waals surface area contributed by atoms with Gasteiger partial charge >= 0.3 is 0 Å². The van der Waals surface area contributed by atoms with Crippen LogP contribution in [0.1, 0.15) is 30.9 Å². The number of guanidine groups is 1. The molecule has 2 aromatic rings. The first-order valence-electron chi connectivity index (χ1n) is 9.53. The average Bonchev–Trinajstić information content (AvgIpc) is 2.70. The lowest BCUT2D eigenvalue weighted by Gasteiger charge is -2.31. The molecule has 0 unspecified atom stereocenters. The molecule has 152 valence electrons. The highest BCUT2D eigenvalue weighted by Gasteiger charge is 2.16. The molecule has 0 radical (unpaired) electrons. The van der Waals surface area contributed by atoms with Crippen LogP contribution < -0.4 is 15.5 Å². The Morgan fingerprint density at radius 2 is 1.86 bits per heavy atom. The minimum atomic E-state index is -0.215. The number of anilines is 1. The summed E-state index contributed by atoms with van der Waals surface area (Å²) in [4.78, 5) is 11.2. The number of hydrogen-bond donors (Lipinski definition) is 2. The Kier molecular flexibility index (Phi) is 8.95. The minimum Gasteiger partial charge on any atom is -0.357 e. The highest BCUT2D eigenvalue weighted by atomic mass is 127. The monoisotopic (exact) mass is 497 g/mol. The van der Waals surface area contributed by atoms with E-state index in [0.717, 1.165) is 30.4 Å². The smallest absolute Gasteiger partial charge is 0.191 e. The molecular weight excluding hydrogens is 468 g/mol. The predicted octanol–water partition coefficient (Wildman–Crippen LogP) is 3.94. The van der Waals surface area contributed by atoms with E-state index in [1.807, 2.05) is 12.3 Å². The topological polar surface area (TPSA) is 52.6 Å². The van der Waals surface area contributed by atoms with Crippen molar-refractivity contribution < 1.29 is 4.39 Å². The number of aliphatic imine (C=N–C) groups is 1. The first-order chi connectivity index (χ1) is 13.2. The first kappa shape index (κ1) is 22.4. The summed E-state index contributed by atoms with van der Waals surface area (Å²) in [6, 6.07) is 10.9. The maximum Gasteiger partial charge on any atom is 0.191 e. The maximum atomic E-state index is 13.7. The SMILES string of the molecule is CN=C(NCc1ccc(N2CCC(C)CC2)nc1)NCc1ccccc1F.I. The van der Waals surface area contributed by atoms with Crippen LogP contribution in [-0.4, -0.2) is 31.1 Å². The van der Waals surface area contributed by atoms with Crippen molar-refractivity contribution in [3.8, 4) is 0 Å². The molecule has 28 heavy (non-hydrogen) atoms. The fraction of sp³-hybridized carbons (Fsp3) is 0.429. The largest absolute Gasteiger partial charge is 0.357 e. The van der Waals surface area contributed by atoms with Gasteiger partial charge in [0.2, 0.25) is 0 Å². The summed E-state index contributed by atoms with van der Waals surface area (Å²) in [5.74, 6) is 2.28. The summed E-state index contributed by atoms with van der Waals surface area (Å²) in [5.41, 5.74) is 1.69. The molecule has 1 aromatic heterocycles. The molecule has 0 atom stereocenters. The third kappa shape index (κ3) is 6.32. The Morgan fingerprint density at radius 1 is 1.14 bits per heavy atom. The quantitative estimate of drug-likeness (QED) is 0.374. The number of hydrogen-bond acceptors (Lipinski definition) is 3. The number of rotatable bonds is 5. The fourth-order valence-electron chi connectivity index (χ4n) is 3.17. The van der Waals surface area contributed by atoms with Gasteiger partial charge in [0.05, 0.1) is 0 Å². The van der Waals surface area contributed by atoms with E-state index in [9.17, 15) is 4.39 Å². The van der Waals surface area contributed by atoms with E-state index >= 15 is 0 Å². The molecule has 0 amide bonds. The van der Waals surface area contributed by atoms with Gasteiger partial charge in [-0.25, -0.2) is 9.37 Å². The van der Waals surface area contributed by atoms with Gasteiger partial charge in [-0.1, -0.05) is 31.2 Å². The molecule has 2 heterocycles. The highest BCUT2D eigenvalue weighted by molar-refractivity contribution is 14.0. The standard InChI is InChI=1S/C21H28FN5.HI/c1-16-9-11-27(12-10-16)20-8-7-17(13-24-20)14-25-21(23-2)26-15-18-5-3-4-6-19(18)22;/h3-8,13,16H,9-12,14-15H2,1-2H3,(H2,23,25,26);1H. The summed E-state index contributed by atoms with van der Waals surface area (Å²) in [5, 5.41) is 6.38. The maximum absolute atomic E-state index is 13.7. The van der Waals surface area contributed by atoms with E-state index in [4.69, 9.17) is 0 Å². The van der Waals surface area contributed by atoms with Crippen LogP contribution in [0.3, 0.4) is 0 Å². The number of halogens is 2. The minimum absolute atomic E-state index is 0. The second-order valence-corrected chi connectivity index (χ2v) is 7.06. The van der Waals surface area contributed by atoms with E-state index in [1.165, 1.54) is 18.9 Å². The molecule has 1 aliphatic heterocycles. The number of nitrogens with one attached hydrogen (secondary N) is 2. The summed E-state index contributed by atoms with van der Waals surface area (Å²) in [7, 11) is 1.70. The Morgan fingerprint density at radius 3 is 2.50 bits per heavy atom. The highest BCUT2D eigenvalue weighted by Crippen LogP contribution is 2.21. The molecule has 3 rings (SSSR count). The van der Waals surface area contributed by atoms with Crippen LogP contribution in [0.25, 0.3) is 0 Å². The molecule has 2 N–H and O–H groups in total. The number of benzene rings is 1. The second-order valence-electron chi connectivity index (χ2n) is 7.06. The van der Waals surface area contributed by atoms with Crippen LogP contribution >= 0.6 is 24.0 Å². The van der Waals surface area contributed by atoms with Crippen LogP contribution in [0.5, 0.6) is 0 Å². The number of aromatic nitrogens is 1. The van der Waals surface area contributed by atoms with Gasteiger partial charge in [0.15, 0.2) is 5.96 Å². The third-order valence-corrected chi connectivity index (χ3v) is 5.00. The van der Waals surface area contributed by atoms with Crippen molar-refractivity contribution in [2.45, 2.75) is 32.9 Å². The molecule has 0 saturated carbocycles. The van der Waals surface area contributed by atoms with Crippen molar-refractivity contribution in [1.29, 1.82) is 0 Å². The summed E-state index contributed by atoms with van der Waals surface area (Å²) in [6.07, 6.45) is 4.37. The normalized spacial score (nSPS) is 15.1. The number of piperidine rings is 1. The van der Waals surface area contributed by atoms with Gasteiger partial charge in [-0.15, -0.1) is 24.0 Å². The molecule has 1 aliphatic rings. The first-order valence-corrected chi connectivity index (χ1v) is 9.53. The molecule has 0 bridgehead atoms. The van der Waals surface area contributed by atoms with E-state index in [2.05, 4.69) is 44.6 Å². The van der Waals surface area contributed by atoms with Crippen LogP contribution in [0, 0.1) is 11.7 Å². The van der Waals surface area contributed by atoms with E-state index in [0.29, 0.717) is 24.6 Å². The van der Waals surface area contributed by atoms with E-state index in [-0.39, 0.29) is 29.8 Å². The van der Waals surface area contributed by atoms with Crippen molar-refractivity contribution in [2.24, 2.45) is 10.9 Å². The fourth-order valence-corrected chi connectivity index (χ4v) is 3.17. The van der Waals surface area contributed by atoms with Gasteiger partial charge < -0.3 is 15.5 Å². The van der Waals surface area contributed by atoms with Crippen LogP contribution in [0.4, 0.5) is 10.2 Å². The lowest BCUT2D eigenvalue weighted by atomic mass is 9.99. The number of pyridine rings is 1. The second kappa shape index (κ2) is 11.2. The Labute approximate surface area is 183 Å². The zero-order valence-electron chi connectivity index (χ0n) is 16.5. The van der Waals surface area contributed by atoms with Crippen molar-refractivity contribution in [3.05, 3.63) is 59.5 Å². The molecule has 0 aliphatic carbocycles. The molecule has 5 nitrogen and oxygen atoms in total. The molecule has 1 fully saturated rings. The summed E-state index contributed by atoms with van der Waals surface area (Å²) >= 11 is 0. The van der Waals surface area contributed by atoms with Gasteiger partial charge in [-0.3, -0.25) is 4.99 Å². The van der Waals surface area contributed by atoms with Gasteiger partial charge in [0, 0.05) is 45.0 Å². The van der Waals surface area contributed by atoms with Crippen molar-refractivity contribution >= 4 is 35.8 Å².